The minimum atomic E-state index is -0.527. The molecule has 2 unspecified atom stereocenters. The molecule has 0 saturated carbocycles. The third kappa shape index (κ3) is 2.69. The Morgan fingerprint density at radius 1 is 1.47 bits per heavy atom. The van der Waals surface area contributed by atoms with E-state index in [9.17, 15) is 4.79 Å². The van der Waals surface area contributed by atoms with Gasteiger partial charge in [-0.1, -0.05) is 13.8 Å². The van der Waals surface area contributed by atoms with E-state index in [1.807, 2.05) is 6.92 Å². The van der Waals surface area contributed by atoms with Crippen LogP contribution >= 0.6 is 0 Å². The Morgan fingerprint density at radius 2 is 2.13 bits per heavy atom. The average molecular weight is 216 g/mol. The summed E-state index contributed by atoms with van der Waals surface area (Å²) in [5, 5.41) is 0. The molecular formula is C11H20O4. The molecule has 1 saturated heterocycles. The maximum Gasteiger partial charge on any atom is 0.335 e. The van der Waals surface area contributed by atoms with Gasteiger partial charge in [0.2, 0.25) is 0 Å². The van der Waals surface area contributed by atoms with E-state index in [1.54, 1.807) is 0 Å². The monoisotopic (exact) mass is 216 g/mol. The topological polar surface area (TPSA) is 44.8 Å². The van der Waals surface area contributed by atoms with Gasteiger partial charge < -0.3 is 14.2 Å². The van der Waals surface area contributed by atoms with E-state index in [0.717, 1.165) is 13.0 Å². The number of hydrogen-bond acceptors (Lipinski definition) is 4. The molecule has 0 bridgehead atoms. The summed E-state index contributed by atoms with van der Waals surface area (Å²) in [6.07, 6.45) is 0.613. The number of methoxy groups -OCH3 is 2. The van der Waals surface area contributed by atoms with Crippen LogP contribution in [0.25, 0.3) is 0 Å². The van der Waals surface area contributed by atoms with Crippen molar-refractivity contribution < 1.29 is 19.0 Å². The van der Waals surface area contributed by atoms with Crippen LogP contribution < -0.4 is 0 Å². The predicted octanol–water partition coefficient (Wildman–Crippen LogP) is 1.24. The molecule has 1 fully saturated rings. The number of carbonyl (C=O) groups excluding carboxylic acids is 1. The van der Waals surface area contributed by atoms with E-state index in [0.29, 0.717) is 5.92 Å². The molecule has 88 valence electrons. The molecular weight excluding hydrogens is 196 g/mol. The van der Waals surface area contributed by atoms with Crippen molar-refractivity contribution >= 4 is 5.97 Å². The molecule has 15 heavy (non-hydrogen) atoms. The van der Waals surface area contributed by atoms with Crippen molar-refractivity contribution in [1.82, 2.24) is 0 Å². The SMILES string of the molecule is COC(=O)[C@@H](OC)[C@@H](C)C1OCCC1C. The average Bonchev–Trinajstić information content (AvgIpc) is 2.65. The molecule has 1 heterocycles. The summed E-state index contributed by atoms with van der Waals surface area (Å²) in [5.41, 5.74) is 0. The van der Waals surface area contributed by atoms with Crippen molar-refractivity contribution in [3.63, 3.8) is 0 Å². The molecule has 1 rings (SSSR count). The van der Waals surface area contributed by atoms with Crippen LogP contribution in [0.5, 0.6) is 0 Å². The summed E-state index contributed by atoms with van der Waals surface area (Å²) in [6, 6.07) is 0. The fourth-order valence-corrected chi connectivity index (χ4v) is 2.20. The lowest BCUT2D eigenvalue weighted by molar-refractivity contribution is -0.159. The second kappa shape index (κ2) is 5.47. The minimum Gasteiger partial charge on any atom is -0.467 e. The third-order valence-electron chi connectivity index (χ3n) is 3.13. The Kier molecular flexibility index (Phi) is 4.54. The Morgan fingerprint density at radius 3 is 2.53 bits per heavy atom. The summed E-state index contributed by atoms with van der Waals surface area (Å²) >= 11 is 0. The van der Waals surface area contributed by atoms with Gasteiger partial charge in [0.1, 0.15) is 0 Å². The van der Waals surface area contributed by atoms with Gasteiger partial charge >= 0.3 is 5.97 Å². The van der Waals surface area contributed by atoms with Crippen LogP contribution in [0.3, 0.4) is 0 Å². The lowest BCUT2D eigenvalue weighted by Gasteiger charge is -2.27. The van der Waals surface area contributed by atoms with Gasteiger partial charge in [0.05, 0.1) is 13.2 Å². The smallest absolute Gasteiger partial charge is 0.335 e. The van der Waals surface area contributed by atoms with E-state index >= 15 is 0 Å². The summed E-state index contributed by atoms with van der Waals surface area (Å²) < 4.78 is 15.5. The maximum atomic E-state index is 11.4. The van der Waals surface area contributed by atoms with Crippen LogP contribution in [0.15, 0.2) is 0 Å². The number of esters is 1. The predicted molar refractivity (Wildman–Crippen MR) is 55.5 cm³/mol. The quantitative estimate of drug-likeness (QED) is 0.663. The maximum absolute atomic E-state index is 11.4. The summed E-state index contributed by atoms with van der Waals surface area (Å²) in [6.45, 7) is 4.88. The highest BCUT2D eigenvalue weighted by Gasteiger charge is 2.37. The van der Waals surface area contributed by atoms with Gasteiger partial charge in [-0.25, -0.2) is 4.79 Å². The Hall–Kier alpha value is -0.610. The normalized spacial score (nSPS) is 29.9. The molecule has 4 atom stereocenters. The Labute approximate surface area is 90.9 Å². The number of rotatable bonds is 4. The minimum absolute atomic E-state index is 0.0277. The van der Waals surface area contributed by atoms with E-state index in [2.05, 4.69) is 6.92 Å². The van der Waals surface area contributed by atoms with Gasteiger partial charge in [-0.3, -0.25) is 0 Å². The molecule has 1 aliphatic heterocycles. The number of ether oxygens (including phenoxy) is 3. The van der Waals surface area contributed by atoms with Gasteiger partial charge in [-0.05, 0) is 12.3 Å². The largest absolute Gasteiger partial charge is 0.467 e. The van der Waals surface area contributed by atoms with E-state index < -0.39 is 6.10 Å². The highest BCUT2D eigenvalue weighted by molar-refractivity contribution is 5.74. The second-order valence-corrected chi connectivity index (χ2v) is 4.14. The molecule has 0 spiro atoms. The summed E-state index contributed by atoms with van der Waals surface area (Å²) in [4.78, 5) is 11.4. The number of hydrogen-bond donors (Lipinski definition) is 0. The molecule has 0 amide bonds. The molecule has 0 aromatic carbocycles. The zero-order valence-electron chi connectivity index (χ0n) is 9.86. The summed E-state index contributed by atoms with van der Waals surface area (Å²) in [5.74, 6) is 0.176. The van der Waals surface area contributed by atoms with Crippen LogP contribution in [0.2, 0.25) is 0 Å². The van der Waals surface area contributed by atoms with E-state index in [4.69, 9.17) is 14.2 Å². The molecule has 0 N–H and O–H groups in total. The first kappa shape index (κ1) is 12.5. The van der Waals surface area contributed by atoms with Crippen LogP contribution in [0.4, 0.5) is 0 Å². The fraction of sp³-hybridized carbons (Fsp3) is 0.909. The molecule has 4 nitrogen and oxygen atoms in total. The van der Waals surface area contributed by atoms with Crippen LogP contribution in [0.1, 0.15) is 20.3 Å². The lowest BCUT2D eigenvalue weighted by Crippen LogP contribution is -2.39. The number of carbonyl (C=O) groups is 1. The van der Waals surface area contributed by atoms with Gasteiger partial charge in [0.25, 0.3) is 0 Å². The van der Waals surface area contributed by atoms with Crippen LogP contribution in [0, 0.1) is 11.8 Å². The molecule has 0 aliphatic carbocycles. The molecule has 0 aromatic heterocycles. The van der Waals surface area contributed by atoms with Gasteiger partial charge in [0.15, 0.2) is 6.10 Å². The zero-order valence-corrected chi connectivity index (χ0v) is 9.86. The highest BCUT2D eigenvalue weighted by Crippen LogP contribution is 2.29. The zero-order chi connectivity index (χ0) is 11.4. The molecule has 0 radical (unpaired) electrons. The van der Waals surface area contributed by atoms with Crippen LogP contribution in [-0.4, -0.2) is 39.0 Å². The van der Waals surface area contributed by atoms with E-state index in [1.165, 1.54) is 14.2 Å². The van der Waals surface area contributed by atoms with E-state index in [-0.39, 0.29) is 18.0 Å². The van der Waals surface area contributed by atoms with Crippen molar-refractivity contribution in [3.8, 4) is 0 Å². The van der Waals surface area contributed by atoms with Gasteiger partial charge in [-0.15, -0.1) is 0 Å². The van der Waals surface area contributed by atoms with Crippen molar-refractivity contribution in [2.75, 3.05) is 20.8 Å². The Bertz CT molecular complexity index is 217. The van der Waals surface area contributed by atoms with Crippen LogP contribution in [-0.2, 0) is 19.0 Å². The fourth-order valence-electron chi connectivity index (χ4n) is 2.20. The van der Waals surface area contributed by atoms with Crippen molar-refractivity contribution in [2.24, 2.45) is 11.8 Å². The first-order valence-electron chi connectivity index (χ1n) is 5.34. The molecule has 0 aromatic rings. The van der Waals surface area contributed by atoms with Crippen molar-refractivity contribution in [3.05, 3.63) is 0 Å². The first-order valence-corrected chi connectivity index (χ1v) is 5.34. The first-order chi connectivity index (χ1) is 7.11. The second-order valence-electron chi connectivity index (χ2n) is 4.14. The summed E-state index contributed by atoms with van der Waals surface area (Å²) in [7, 11) is 2.90. The van der Waals surface area contributed by atoms with Crippen molar-refractivity contribution in [1.29, 1.82) is 0 Å². The van der Waals surface area contributed by atoms with Crippen molar-refractivity contribution in [2.45, 2.75) is 32.5 Å². The standard InChI is InChI=1S/C11H20O4/c1-7-5-6-15-9(7)8(2)10(13-3)11(12)14-4/h7-10H,5-6H2,1-4H3/t7?,8-,9?,10-/m0/s1. The van der Waals surface area contributed by atoms with Gasteiger partial charge in [0, 0.05) is 19.6 Å². The molecule has 4 heteroatoms. The van der Waals surface area contributed by atoms with Gasteiger partial charge in [-0.2, -0.15) is 0 Å². The third-order valence-corrected chi connectivity index (χ3v) is 3.13. The Balaban J connectivity index is 2.63. The molecule has 1 aliphatic rings. The highest BCUT2D eigenvalue weighted by atomic mass is 16.6. The lowest BCUT2D eigenvalue weighted by atomic mass is 9.89.